The summed E-state index contributed by atoms with van der Waals surface area (Å²) in [6, 6.07) is 14.2. The molecule has 1 saturated heterocycles. The van der Waals surface area contributed by atoms with Gasteiger partial charge in [0, 0.05) is 19.3 Å². The van der Waals surface area contributed by atoms with Crippen LogP contribution >= 0.6 is 0 Å². The van der Waals surface area contributed by atoms with Gasteiger partial charge >= 0.3 is 6.03 Å². The predicted molar refractivity (Wildman–Crippen MR) is 136 cm³/mol. The van der Waals surface area contributed by atoms with Gasteiger partial charge < -0.3 is 30.3 Å². The fourth-order valence-corrected chi connectivity index (χ4v) is 4.77. The van der Waals surface area contributed by atoms with Crippen LogP contribution in [-0.2, 0) is 9.53 Å². The minimum absolute atomic E-state index is 0.0662. The molecule has 2 aromatic rings. The summed E-state index contributed by atoms with van der Waals surface area (Å²) in [6.45, 7) is 4.55. The molecule has 0 bridgehead atoms. The third kappa shape index (κ3) is 5.96. The van der Waals surface area contributed by atoms with Crippen LogP contribution in [0.1, 0.15) is 55.1 Å². The fourth-order valence-electron chi connectivity index (χ4n) is 4.77. The lowest BCUT2D eigenvalue weighted by atomic mass is 9.94. The zero-order valence-electron chi connectivity index (χ0n) is 21.0. The molecule has 1 fully saturated rings. The molecule has 2 aliphatic rings. The molecule has 0 radical (unpaired) electrons. The van der Waals surface area contributed by atoms with Crippen molar-refractivity contribution in [2.45, 2.75) is 57.4 Å². The Bertz CT molecular complexity index is 1090. The molecule has 2 heterocycles. The number of carbonyl (C=O) groups is 3. The molecule has 0 spiro atoms. The van der Waals surface area contributed by atoms with Gasteiger partial charge in [-0.2, -0.15) is 0 Å². The van der Waals surface area contributed by atoms with Crippen molar-refractivity contribution < 1.29 is 23.9 Å². The Morgan fingerprint density at radius 2 is 1.92 bits per heavy atom. The van der Waals surface area contributed by atoms with Gasteiger partial charge in [0.1, 0.15) is 18.5 Å². The van der Waals surface area contributed by atoms with E-state index in [1.807, 2.05) is 44.2 Å². The highest BCUT2D eigenvalue weighted by atomic mass is 16.5. The first-order valence-corrected chi connectivity index (χ1v) is 12.4. The number of likely N-dealkylation sites (N-methyl/N-ethyl adjacent to an activating group) is 1. The molecule has 192 valence electrons. The SMILES string of the molecule is CCNC(=O)Nc1ccc2c(c1)C(=O)N(C)[C@@H]1CC[C@H](CC(=O)N[C@H](C)c3ccccc3)O[C@H]1CO2. The van der Waals surface area contributed by atoms with Crippen LogP contribution in [0.5, 0.6) is 5.75 Å². The maximum Gasteiger partial charge on any atom is 0.319 e. The normalized spacial score (nSPS) is 22.1. The van der Waals surface area contributed by atoms with Crippen LogP contribution in [-0.4, -0.2) is 61.2 Å². The second kappa shape index (κ2) is 11.4. The summed E-state index contributed by atoms with van der Waals surface area (Å²) >= 11 is 0. The average Bonchev–Trinajstić information content (AvgIpc) is 2.87. The van der Waals surface area contributed by atoms with E-state index in [9.17, 15) is 14.4 Å². The zero-order valence-corrected chi connectivity index (χ0v) is 21.0. The highest BCUT2D eigenvalue weighted by Crippen LogP contribution is 2.32. The van der Waals surface area contributed by atoms with Crippen LogP contribution in [0.2, 0.25) is 0 Å². The first kappa shape index (κ1) is 25.5. The summed E-state index contributed by atoms with van der Waals surface area (Å²) in [7, 11) is 1.76. The summed E-state index contributed by atoms with van der Waals surface area (Å²) in [5, 5.41) is 8.44. The van der Waals surface area contributed by atoms with Crippen molar-refractivity contribution in [1.29, 1.82) is 0 Å². The Labute approximate surface area is 211 Å². The molecule has 9 heteroatoms. The van der Waals surface area contributed by atoms with Gasteiger partial charge in [0.25, 0.3) is 5.91 Å². The van der Waals surface area contributed by atoms with Crippen LogP contribution in [0.25, 0.3) is 0 Å². The lowest BCUT2D eigenvalue weighted by Crippen LogP contribution is -2.54. The fraction of sp³-hybridized carbons (Fsp3) is 0.444. The minimum Gasteiger partial charge on any atom is -0.490 e. The van der Waals surface area contributed by atoms with E-state index in [1.165, 1.54) is 0 Å². The van der Waals surface area contributed by atoms with E-state index < -0.39 is 0 Å². The first-order valence-electron chi connectivity index (χ1n) is 12.4. The number of amides is 4. The maximum atomic E-state index is 13.3. The van der Waals surface area contributed by atoms with Crippen molar-refractivity contribution >= 4 is 23.5 Å². The van der Waals surface area contributed by atoms with Crippen molar-refractivity contribution in [3.05, 3.63) is 59.7 Å². The third-order valence-electron chi connectivity index (χ3n) is 6.70. The minimum atomic E-state index is -0.349. The Morgan fingerprint density at radius 1 is 1.14 bits per heavy atom. The van der Waals surface area contributed by atoms with Gasteiger partial charge in [-0.1, -0.05) is 30.3 Å². The van der Waals surface area contributed by atoms with E-state index in [2.05, 4.69) is 16.0 Å². The Balaban J connectivity index is 1.39. The molecule has 4 rings (SSSR count). The third-order valence-corrected chi connectivity index (χ3v) is 6.70. The highest BCUT2D eigenvalue weighted by Gasteiger charge is 2.39. The number of fused-ring (bicyclic) bond motifs is 2. The second-order valence-electron chi connectivity index (χ2n) is 9.27. The van der Waals surface area contributed by atoms with Gasteiger partial charge in [-0.25, -0.2) is 4.79 Å². The number of urea groups is 1. The summed E-state index contributed by atoms with van der Waals surface area (Å²) in [5.74, 6) is 0.172. The smallest absolute Gasteiger partial charge is 0.319 e. The number of hydrogen-bond donors (Lipinski definition) is 3. The second-order valence-corrected chi connectivity index (χ2v) is 9.27. The van der Waals surface area contributed by atoms with Crippen molar-refractivity contribution in [2.75, 3.05) is 25.5 Å². The van der Waals surface area contributed by atoms with E-state index in [1.54, 1.807) is 30.1 Å². The lowest BCUT2D eigenvalue weighted by Gasteiger charge is -2.42. The standard InChI is InChI=1S/C27H34N4O5/c1-4-28-27(34)30-19-10-13-23-21(14-19)26(33)31(3)22-12-11-20(36-24(22)16-35-23)15-25(32)29-17(2)18-8-6-5-7-9-18/h5-10,13-14,17,20,22,24H,4,11-12,15-16H2,1-3H3,(H,29,32)(H2,28,30,34)/t17-,20-,22-,24+/m1/s1. The molecule has 0 unspecified atom stereocenters. The van der Waals surface area contributed by atoms with Gasteiger partial charge in [0.2, 0.25) is 5.91 Å². The van der Waals surface area contributed by atoms with E-state index in [0.717, 1.165) is 5.56 Å². The van der Waals surface area contributed by atoms with Crippen molar-refractivity contribution in [3.8, 4) is 5.75 Å². The van der Waals surface area contributed by atoms with Gasteiger partial charge in [-0.3, -0.25) is 9.59 Å². The number of carbonyl (C=O) groups excluding carboxylic acids is 3. The maximum absolute atomic E-state index is 13.3. The molecule has 36 heavy (non-hydrogen) atoms. The topological polar surface area (TPSA) is 109 Å². The van der Waals surface area contributed by atoms with Crippen molar-refractivity contribution in [3.63, 3.8) is 0 Å². The quantitative estimate of drug-likeness (QED) is 0.570. The summed E-state index contributed by atoms with van der Waals surface area (Å²) in [6.07, 6.45) is 1.03. The zero-order chi connectivity index (χ0) is 25.7. The van der Waals surface area contributed by atoms with Gasteiger partial charge in [0.05, 0.1) is 30.2 Å². The number of hydrogen-bond acceptors (Lipinski definition) is 5. The molecule has 4 atom stereocenters. The number of rotatable bonds is 6. The van der Waals surface area contributed by atoms with Crippen LogP contribution in [0.15, 0.2) is 48.5 Å². The Morgan fingerprint density at radius 3 is 2.67 bits per heavy atom. The summed E-state index contributed by atoms with van der Waals surface area (Å²) < 4.78 is 12.3. The molecular formula is C27H34N4O5. The molecule has 2 aliphatic heterocycles. The summed E-state index contributed by atoms with van der Waals surface area (Å²) in [4.78, 5) is 39.6. The van der Waals surface area contributed by atoms with Crippen LogP contribution in [0.4, 0.5) is 10.5 Å². The molecular weight excluding hydrogens is 460 g/mol. The molecule has 2 aromatic carbocycles. The van der Waals surface area contributed by atoms with E-state index in [0.29, 0.717) is 36.4 Å². The monoisotopic (exact) mass is 494 g/mol. The molecule has 0 saturated carbocycles. The number of nitrogens with one attached hydrogen (secondary N) is 3. The van der Waals surface area contributed by atoms with Gasteiger partial charge in [-0.15, -0.1) is 0 Å². The van der Waals surface area contributed by atoms with Crippen LogP contribution in [0, 0.1) is 0 Å². The lowest BCUT2D eigenvalue weighted by molar-refractivity contribution is -0.134. The number of ether oxygens (including phenoxy) is 2. The van der Waals surface area contributed by atoms with E-state index in [4.69, 9.17) is 9.47 Å². The predicted octanol–water partition coefficient (Wildman–Crippen LogP) is 3.48. The highest BCUT2D eigenvalue weighted by molar-refractivity contribution is 5.99. The molecule has 3 N–H and O–H groups in total. The molecule has 0 aliphatic carbocycles. The van der Waals surface area contributed by atoms with Crippen molar-refractivity contribution in [2.24, 2.45) is 0 Å². The molecule has 4 amide bonds. The number of benzene rings is 2. The van der Waals surface area contributed by atoms with Crippen molar-refractivity contribution in [1.82, 2.24) is 15.5 Å². The van der Waals surface area contributed by atoms with Crippen LogP contribution < -0.4 is 20.7 Å². The van der Waals surface area contributed by atoms with E-state index >= 15 is 0 Å². The van der Waals surface area contributed by atoms with Crippen LogP contribution in [0.3, 0.4) is 0 Å². The molecule has 9 nitrogen and oxygen atoms in total. The largest absolute Gasteiger partial charge is 0.490 e. The van der Waals surface area contributed by atoms with Gasteiger partial charge in [0.15, 0.2) is 0 Å². The Hall–Kier alpha value is -3.59. The van der Waals surface area contributed by atoms with E-state index in [-0.39, 0.29) is 55.2 Å². The average molecular weight is 495 g/mol. The number of anilines is 1. The first-order chi connectivity index (χ1) is 17.4. The summed E-state index contributed by atoms with van der Waals surface area (Å²) in [5.41, 5.74) is 1.95. The number of nitrogens with zero attached hydrogens (tertiary/aromatic N) is 1. The molecule has 0 aromatic heterocycles. The van der Waals surface area contributed by atoms with Gasteiger partial charge in [-0.05, 0) is 50.5 Å². The Kier molecular flexibility index (Phi) is 8.10.